The fraction of sp³-hybridized carbons (Fsp3) is 0.583. The van der Waals surface area contributed by atoms with Crippen LogP contribution in [0, 0.1) is 0 Å². The van der Waals surface area contributed by atoms with Crippen LogP contribution >= 0.6 is 0 Å². The van der Waals surface area contributed by atoms with Gasteiger partial charge in [-0.1, -0.05) is 11.4 Å². The second-order valence-corrected chi connectivity index (χ2v) is 9.14. The summed E-state index contributed by atoms with van der Waals surface area (Å²) in [6.45, 7) is 4.63. The number of benzene rings is 1. The van der Waals surface area contributed by atoms with Gasteiger partial charge in [-0.2, -0.15) is 0 Å². The number of rotatable bonds is 6. The smallest absolute Gasteiger partial charge is 0.397 e. The van der Waals surface area contributed by atoms with E-state index in [1.807, 2.05) is 22.8 Å². The van der Waals surface area contributed by atoms with E-state index in [4.69, 9.17) is 14.5 Å². The Morgan fingerprint density at radius 3 is 2.56 bits per heavy atom. The highest BCUT2D eigenvalue weighted by atomic mass is 16.5. The second kappa shape index (κ2) is 9.25. The maximum absolute atomic E-state index is 13.6. The Labute approximate surface area is 200 Å². The van der Waals surface area contributed by atoms with Crippen LogP contribution in [0.4, 0.5) is 10.5 Å². The number of imide groups is 1. The lowest BCUT2D eigenvalue weighted by Gasteiger charge is -2.36. The number of anilines is 1. The average Bonchev–Trinajstić information content (AvgIpc) is 3.28. The van der Waals surface area contributed by atoms with E-state index < -0.39 is 6.04 Å². The molecule has 0 N–H and O–H groups in total. The summed E-state index contributed by atoms with van der Waals surface area (Å²) in [7, 11) is 4.96. The van der Waals surface area contributed by atoms with Gasteiger partial charge in [0.1, 0.15) is 11.4 Å². The summed E-state index contributed by atoms with van der Waals surface area (Å²) in [5.74, 6) is 2.37. The molecule has 2 fully saturated rings. The van der Waals surface area contributed by atoms with Crippen LogP contribution in [-0.4, -0.2) is 110 Å². The molecule has 10 heteroatoms. The molecule has 1 atom stereocenters. The largest absolute Gasteiger partial charge is 0.497 e. The number of ether oxygens (including phenoxy) is 2. The average molecular weight is 470 g/mol. The third-order valence-corrected chi connectivity index (χ3v) is 7.18. The number of amidine groups is 1. The molecule has 3 amide bonds. The summed E-state index contributed by atoms with van der Waals surface area (Å²) in [6, 6.07) is 4.79. The molecule has 0 aromatic heterocycles. The summed E-state index contributed by atoms with van der Waals surface area (Å²) in [5.41, 5.74) is 0.856. The zero-order chi connectivity index (χ0) is 23.8. The summed E-state index contributed by atoms with van der Waals surface area (Å²) >= 11 is 0. The number of aliphatic imine (C=N–C) groups is 1. The molecule has 1 unspecified atom stereocenters. The fourth-order valence-corrected chi connectivity index (χ4v) is 5.32. The molecule has 4 aliphatic rings. The van der Waals surface area contributed by atoms with Crippen molar-refractivity contribution in [2.75, 3.05) is 65.4 Å². The van der Waals surface area contributed by atoms with Crippen molar-refractivity contribution in [3.8, 4) is 11.5 Å². The minimum atomic E-state index is -0.578. The molecule has 1 aromatic carbocycles. The highest BCUT2D eigenvalue weighted by molar-refractivity contribution is 6.24. The Morgan fingerprint density at radius 1 is 1.03 bits per heavy atom. The Hall–Kier alpha value is -3.14. The molecule has 34 heavy (non-hydrogen) atoms. The molecular formula is C24H33N6O4+. The number of urea groups is 1. The standard InChI is InChI=1S/C24H33N6O4/c1-26-21-20(22(31)30(24(26)32)15-14-27-10-5-4-6-11-27)29-13-7-12-28(23(29)25-21)18-9-8-17(33-2)16-19(18)34-3/h8-9,16,20H,4-7,10-15H2,1-3H3/q+1. The number of carbonyl (C=O) groups is 2. The lowest BCUT2D eigenvalue weighted by atomic mass is 10.1. The monoisotopic (exact) mass is 469 g/mol. The minimum absolute atomic E-state index is 0.183. The Balaban J connectivity index is 1.43. The van der Waals surface area contributed by atoms with Crippen LogP contribution in [0.3, 0.4) is 0 Å². The molecule has 1 aromatic rings. The normalized spacial score (nSPS) is 23.2. The SMILES string of the molecule is COc1ccc(N2CCC[N+]3=C2N=C2C3C(=O)N(CCN3CCCCC3)C(=O)N2C)c(OC)c1. The van der Waals surface area contributed by atoms with Crippen molar-refractivity contribution in [2.45, 2.75) is 31.7 Å². The van der Waals surface area contributed by atoms with E-state index in [0.717, 1.165) is 38.3 Å². The number of hydrogen-bond donors (Lipinski definition) is 0. The maximum Gasteiger partial charge on any atom is 0.397 e. The number of likely N-dealkylation sites (tertiary alicyclic amines) is 1. The van der Waals surface area contributed by atoms with Crippen LogP contribution < -0.4 is 14.4 Å². The van der Waals surface area contributed by atoms with Gasteiger partial charge >= 0.3 is 12.0 Å². The number of hydrogen-bond acceptors (Lipinski definition) is 7. The Morgan fingerprint density at radius 2 is 1.82 bits per heavy atom. The first-order valence-electron chi connectivity index (χ1n) is 12.1. The first-order valence-corrected chi connectivity index (χ1v) is 12.1. The number of methoxy groups -OCH3 is 2. The van der Waals surface area contributed by atoms with E-state index in [2.05, 4.69) is 9.80 Å². The molecule has 0 radical (unpaired) electrons. The van der Waals surface area contributed by atoms with Gasteiger partial charge in [-0.15, -0.1) is 0 Å². The van der Waals surface area contributed by atoms with Crippen LogP contribution in [0.2, 0.25) is 0 Å². The van der Waals surface area contributed by atoms with Crippen molar-refractivity contribution in [1.82, 2.24) is 14.7 Å². The molecule has 0 aliphatic carbocycles. The first-order chi connectivity index (χ1) is 16.5. The molecular weight excluding hydrogens is 436 g/mol. The van der Waals surface area contributed by atoms with E-state index in [0.29, 0.717) is 36.4 Å². The minimum Gasteiger partial charge on any atom is -0.497 e. The van der Waals surface area contributed by atoms with Crippen LogP contribution in [-0.2, 0) is 4.79 Å². The molecule has 10 nitrogen and oxygen atoms in total. The zero-order valence-corrected chi connectivity index (χ0v) is 20.2. The second-order valence-electron chi connectivity index (χ2n) is 9.14. The van der Waals surface area contributed by atoms with Crippen LogP contribution in [0.5, 0.6) is 11.5 Å². The number of nitrogens with zero attached hydrogens (tertiary/aromatic N) is 6. The number of carbonyl (C=O) groups excluding carboxylic acids is 2. The van der Waals surface area contributed by atoms with Gasteiger partial charge in [0.25, 0.3) is 5.91 Å². The van der Waals surface area contributed by atoms with E-state index in [1.165, 1.54) is 29.1 Å². The van der Waals surface area contributed by atoms with Crippen LogP contribution in [0.1, 0.15) is 25.7 Å². The lowest BCUT2D eigenvalue weighted by Crippen LogP contribution is -2.64. The highest BCUT2D eigenvalue weighted by Gasteiger charge is 2.54. The van der Waals surface area contributed by atoms with E-state index in [9.17, 15) is 9.59 Å². The predicted molar refractivity (Wildman–Crippen MR) is 128 cm³/mol. The van der Waals surface area contributed by atoms with Crippen molar-refractivity contribution in [2.24, 2.45) is 4.99 Å². The van der Waals surface area contributed by atoms with Gasteiger partial charge in [-0.05, 0) is 38.1 Å². The predicted octanol–water partition coefficient (Wildman–Crippen LogP) is 1.44. The third kappa shape index (κ3) is 3.79. The first kappa shape index (κ1) is 22.6. The topological polar surface area (TPSA) is 80.9 Å². The van der Waals surface area contributed by atoms with E-state index in [-0.39, 0.29) is 11.9 Å². The van der Waals surface area contributed by atoms with Crippen molar-refractivity contribution in [1.29, 1.82) is 0 Å². The maximum atomic E-state index is 13.6. The van der Waals surface area contributed by atoms with Crippen molar-refractivity contribution >= 4 is 29.4 Å². The Kier molecular flexibility index (Phi) is 6.16. The lowest BCUT2D eigenvalue weighted by molar-refractivity contribution is -0.539. The number of piperidine rings is 1. The summed E-state index contributed by atoms with van der Waals surface area (Å²) < 4.78 is 13.0. The quantitative estimate of drug-likeness (QED) is 0.587. The number of likely N-dealkylation sites (N-methyl/N-ethyl adjacent to an activating group) is 1. The Bertz CT molecular complexity index is 1050. The van der Waals surface area contributed by atoms with E-state index >= 15 is 0 Å². The van der Waals surface area contributed by atoms with Crippen LogP contribution in [0.15, 0.2) is 23.2 Å². The fourth-order valence-electron chi connectivity index (χ4n) is 5.32. The number of amides is 3. The molecule has 2 saturated heterocycles. The molecule has 0 saturated carbocycles. The molecule has 0 bridgehead atoms. The van der Waals surface area contributed by atoms with Gasteiger partial charge in [-0.3, -0.25) is 14.6 Å². The molecule has 4 heterocycles. The van der Waals surface area contributed by atoms with Gasteiger partial charge < -0.3 is 14.4 Å². The summed E-state index contributed by atoms with van der Waals surface area (Å²) in [6.07, 6.45) is 4.47. The van der Waals surface area contributed by atoms with Crippen molar-refractivity contribution < 1.29 is 23.6 Å². The number of guanidine groups is 1. The molecule has 5 rings (SSSR count). The van der Waals surface area contributed by atoms with Crippen LogP contribution in [0.25, 0.3) is 0 Å². The summed E-state index contributed by atoms with van der Waals surface area (Å²) in [5, 5.41) is 0. The van der Waals surface area contributed by atoms with Gasteiger partial charge in [0, 0.05) is 32.6 Å². The molecule has 0 spiro atoms. The van der Waals surface area contributed by atoms with Gasteiger partial charge in [0.05, 0.1) is 27.3 Å². The van der Waals surface area contributed by atoms with Crippen molar-refractivity contribution in [3.05, 3.63) is 18.2 Å². The third-order valence-electron chi connectivity index (χ3n) is 7.18. The van der Waals surface area contributed by atoms with Gasteiger partial charge in [0.15, 0.2) is 5.75 Å². The summed E-state index contributed by atoms with van der Waals surface area (Å²) in [4.78, 5) is 38.9. The zero-order valence-electron chi connectivity index (χ0n) is 20.2. The number of fused-ring (bicyclic) bond motifs is 2. The molecule has 4 aliphatic heterocycles. The van der Waals surface area contributed by atoms with E-state index in [1.54, 1.807) is 21.3 Å². The molecule has 182 valence electrons. The highest BCUT2D eigenvalue weighted by Crippen LogP contribution is 2.35. The van der Waals surface area contributed by atoms with Crippen molar-refractivity contribution in [3.63, 3.8) is 0 Å². The van der Waals surface area contributed by atoms with Gasteiger partial charge in [-0.25, -0.2) is 14.3 Å². The van der Waals surface area contributed by atoms with Gasteiger partial charge in [0.2, 0.25) is 11.9 Å².